The molecule has 1 N–H and O–H groups in total. The van der Waals surface area contributed by atoms with Gasteiger partial charge in [-0.15, -0.1) is 0 Å². The molecule has 1 aliphatic heterocycles. The molecule has 3 aromatic rings. The van der Waals surface area contributed by atoms with Crippen molar-refractivity contribution in [2.45, 2.75) is 11.8 Å². The second kappa shape index (κ2) is 7.31. The molecule has 8 nitrogen and oxygen atoms in total. The zero-order chi connectivity index (χ0) is 20.6. The number of benzene rings is 2. The monoisotopic (exact) mass is 409 g/mol. The predicted octanol–water partition coefficient (Wildman–Crippen LogP) is 1.89. The summed E-state index contributed by atoms with van der Waals surface area (Å²) in [5.74, 6) is -0.211. The quantitative estimate of drug-likeness (QED) is 0.710. The Bertz CT molecular complexity index is 1220. The molecule has 1 fully saturated rings. The number of hydrogen-bond donors (Lipinski definition) is 1. The standard InChI is InChI=1S/C20H19N5O3S/c1-14-2-7-18-17(12-14)19(23-22-18)20(26)24-8-10-25(11-9-24)29(27,28)16-5-3-15(13-21)4-6-16/h2-7,12H,8-11H2,1H3,(H,22,23). The van der Waals surface area contributed by atoms with E-state index in [4.69, 9.17) is 5.26 Å². The van der Waals surface area contributed by atoms with Crippen molar-refractivity contribution in [3.05, 3.63) is 59.3 Å². The summed E-state index contributed by atoms with van der Waals surface area (Å²) in [5.41, 5.74) is 2.58. The maximum Gasteiger partial charge on any atom is 0.275 e. The second-order valence-corrected chi connectivity index (χ2v) is 8.89. The Morgan fingerprint density at radius 1 is 1.10 bits per heavy atom. The molecule has 2 aromatic carbocycles. The minimum absolute atomic E-state index is 0.144. The fourth-order valence-electron chi connectivity index (χ4n) is 3.42. The lowest BCUT2D eigenvalue weighted by molar-refractivity contribution is 0.0694. The molecule has 1 aromatic heterocycles. The van der Waals surface area contributed by atoms with Gasteiger partial charge in [0, 0.05) is 31.6 Å². The Labute approximate surface area is 168 Å². The third kappa shape index (κ3) is 3.48. The minimum atomic E-state index is -3.67. The Hall–Kier alpha value is -3.22. The summed E-state index contributed by atoms with van der Waals surface area (Å²) in [6.07, 6.45) is 0. The van der Waals surface area contributed by atoms with Crippen molar-refractivity contribution in [2.24, 2.45) is 0 Å². The van der Waals surface area contributed by atoms with Crippen LogP contribution in [-0.2, 0) is 10.0 Å². The van der Waals surface area contributed by atoms with E-state index in [2.05, 4.69) is 10.2 Å². The molecule has 1 aliphatic rings. The van der Waals surface area contributed by atoms with E-state index in [1.165, 1.54) is 28.6 Å². The van der Waals surface area contributed by atoms with Crippen LogP contribution in [0.2, 0.25) is 0 Å². The van der Waals surface area contributed by atoms with Gasteiger partial charge in [-0.05, 0) is 43.3 Å². The van der Waals surface area contributed by atoms with Crippen LogP contribution in [0.4, 0.5) is 0 Å². The van der Waals surface area contributed by atoms with E-state index in [0.29, 0.717) is 11.3 Å². The van der Waals surface area contributed by atoms with E-state index in [1.807, 2.05) is 31.2 Å². The zero-order valence-corrected chi connectivity index (χ0v) is 16.6. The molecular formula is C20H19N5O3S. The van der Waals surface area contributed by atoms with Crippen LogP contribution in [-0.4, -0.2) is 59.9 Å². The summed E-state index contributed by atoms with van der Waals surface area (Å²) in [6, 6.07) is 13.6. The van der Waals surface area contributed by atoms with Crippen molar-refractivity contribution < 1.29 is 13.2 Å². The number of amides is 1. The fraction of sp³-hybridized carbons (Fsp3) is 0.250. The number of nitrogens with zero attached hydrogens (tertiary/aromatic N) is 4. The van der Waals surface area contributed by atoms with Gasteiger partial charge < -0.3 is 4.90 Å². The van der Waals surface area contributed by atoms with Gasteiger partial charge in [-0.25, -0.2) is 8.42 Å². The molecule has 0 atom stereocenters. The highest BCUT2D eigenvalue weighted by Gasteiger charge is 2.31. The van der Waals surface area contributed by atoms with Gasteiger partial charge in [0.1, 0.15) is 0 Å². The first-order valence-corrected chi connectivity index (χ1v) is 10.6. The molecule has 9 heteroatoms. The lowest BCUT2D eigenvalue weighted by atomic mass is 10.1. The van der Waals surface area contributed by atoms with Crippen LogP contribution < -0.4 is 0 Å². The van der Waals surface area contributed by atoms with E-state index >= 15 is 0 Å². The molecule has 0 spiro atoms. The zero-order valence-electron chi connectivity index (χ0n) is 15.8. The van der Waals surface area contributed by atoms with Gasteiger partial charge in [-0.1, -0.05) is 11.6 Å². The number of H-pyrrole nitrogens is 1. The number of nitriles is 1. The van der Waals surface area contributed by atoms with Crippen LogP contribution in [0, 0.1) is 18.3 Å². The molecule has 0 aliphatic carbocycles. The molecule has 29 heavy (non-hydrogen) atoms. The maximum absolute atomic E-state index is 12.9. The number of rotatable bonds is 3. The topological polar surface area (TPSA) is 110 Å². The van der Waals surface area contributed by atoms with Gasteiger partial charge in [0.15, 0.2) is 5.69 Å². The third-order valence-corrected chi connectivity index (χ3v) is 6.98. The van der Waals surface area contributed by atoms with Crippen LogP contribution >= 0.6 is 0 Å². The van der Waals surface area contributed by atoms with Crippen molar-refractivity contribution >= 4 is 26.8 Å². The lowest BCUT2D eigenvalue weighted by Gasteiger charge is -2.33. The van der Waals surface area contributed by atoms with Gasteiger partial charge >= 0.3 is 0 Å². The van der Waals surface area contributed by atoms with Gasteiger partial charge in [-0.3, -0.25) is 9.89 Å². The van der Waals surface area contributed by atoms with E-state index in [-0.39, 0.29) is 37.0 Å². The number of aromatic nitrogens is 2. The van der Waals surface area contributed by atoms with Gasteiger partial charge in [0.2, 0.25) is 10.0 Å². The largest absolute Gasteiger partial charge is 0.335 e. The highest BCUT2D eigenvalue weighted by molar-refractivity contribution is 7.89. The third-order valence-electron chi connectivity index (χ3n) is 5.07. The van der Waals surface area contributed by atoms with E-state index in [9.17, 15) is 13.2 Å². The molecule has 0 saturated carbocycles. The SMILES string of the molecule is Cc1ccc2[nH]nc(C(=O)N3CCN(S(=O)(=O)c4ccc(C#N)cc4)CC3)c2c1. The van der Waals surface area contributed by atoms with Crippen molar-refractivity contribution in [3.8, 4) is 6.07 Å². The number of nitrogens with one attached hydrogen (secondary N) is 1. The van der Waals surface area contributed by atoms with Crippen molar-refractivity contribution in [2.75, 3.05) is 26.2 Å². The summed E-state index contributed by atoms with van der Waals surface area (Å²) in [6.45, 7) is 2.93. The average Bonchev–Trinajstić information content (AvgIpc) is 3.16. The molecule has 1 saturated heterocycles. The first kappa shape index (κ1) is 19.1. The van der Waals surface area contributed by atoms with E-state index < -0.39 is 10.0 Å². The van der Waals surface area contributed by atoms with Crippen molar-refractivity contribution in [3.63, 3.8) is 0 Å². The summed E-state index contributed by atoms with van der Waals surface area (Å²) in [7, 11) is -3.67. The molecule has 4 rings (SSSR count). The smallest absolute Gasteiger partial charge is 0.275 e. The van der Waals surface area contributed by atoms with Crippen molar-refractivity contribution in [1.29, 1.82) is 5.26 Å². The Morgan fingerprint density at radius 3 is 2.45 bits per heavy atom. The molecule has 148 valence electrons. The molecule has 1 amide bonds. The maximum atomic E-state index is 12.9. The molecule has 0 bridgehead atoms. The second-order valence-electron chi connectivity index (χ2n) is 6.95. The number of sulfonamides is 1. The number of piperazine rings is 1. The Kier molecular flexibility index (Phi) is 4.82. The normalized spacial score (nSPS) is 15.4. The molecule has 2 heterocycles. The number of aromatic amines is 1. The number of fused-ring (bicyclic) bond motifs is 1. The summed E-state index contributed by atoms with van der Waals surface area (Å²) >= 11 is 0. The number of carbonyl (C=O) groups excluding carboxylic acids is 1. The summed E-state index contributed by atoms with van der Waals surface area (Å²) < 4.78 is 27.0. The van der Waals surface area contributed by atoms with Crippen LogP contribution in [0.3, 0.4) is 0 Å². The summed E-state index contributed by atoms with van der Waals surface area (Å²) in [4.78, 5) is 14.7. The van der Waals surface area contributed by atoms with Gasteiger partial charge in [-0.2, -0.15) is 14.7 Å². The Morgan fingerprint density at radius 2 is 1.79 bits per heavy atom. The highest BCUT2D eigenvalue weighted by atomic mass is 32.2. The first-order valence-electron chi connectivity index (χ1n) is 9.14. The number of carbonyl (C=O) groups is 1. The summed E-state index contributed by atoms with van der Waals surface area (Å²) in [5, 5.41) is 16.7. The van der Waals surface area contributed by atoms with Crippen LogP contribution in [0.15, 0.2) is 47.4 Å². The number of aryl methyl sites for hydroxylation is 1. The van der Waals surface area contributed by atoms with Gasteiger partial charge in [0.05, 0.1) is 22.0 Å². The fourth-order valence-corrected chi connectivity index (χ4v) is 4.84. The van der Waals surface area contributed by atoms with Crippen LogP contribution in [0.1, 0.15) is 21.6 Å². The highest BCUT2D eigenvalue weighted by Crippen LogP contribution is 2.22. The predicted molar refractivity (Wildman–Crippen MR) is 107 cm³/mol. The van der Waals surface area contributed by atoms with Crippen LogP contribution in [0.25, 0.3) is 10.9 Å². The molecule has 0 radical (unpaired) electrons. The van der Waals surface area contributed by atoms with Crippen molar-refractivity contribution in [1.82, 2.24) is 19.4 Å². The Balaban J connectivity index is 1.49. The molecule has 0 unspecified atom stereocenters. The number of hydrogen-bond acceptors (Lipinski definition) is 5. The van der Waals surface area contributed by atoms with E-state index in [0.717, 1.165) is 16.5 Å². The molecular weight excluding hydrogens is 390 g/mol. The first-order chi connectivity index (χ1) is 13.9. The van der Waals surface area contributed by atoms with Crippen LogP contribution in [0.5, 0.6) is 0 Å². The lowest BCUT2D eigenvalue weighted by Crippen LogP contribution is -2.50. The van der Waals surface area contributed by atoms with E-state index in [1.54, 1.807) is 4.90 Å². The average molecular weight is 409 g/mol. The van der Waals surface area contributed by atoms with Gasteiger partial charge in [0.25, 0.3) is 5.91 Å². The minimum Gasteiger partial charge on any atom is -0.335 e.